The van der Waals surface area contributed by atoms with Crippen LogP contribution in [0.2, 0.25) is 0 Å². The van der Waals surface area contributed by atoms with Gasteiger partial charge in [-0.25, -0.2) is 9.50 Å². The Morgan fingerprint density at radius 2 is 1.85 bits per heavy atom. The van der Waals surface area contributed by atoms with E-state index in [9.17, 15) is 28.1 Å². The van der Waals surface area contributed by atoms with Crippen molar-refractivity contribution in [3.05, 3.63) is 61.7 Å². The summed E-state index contributed by atoms with van der Waals surface area (Å²) in [7, 11) is 0. The third kappa shape index (κ3) is 3.05. The Morgan fingerprint density at radius 3 is 2.38 bits per heavy atom. The average Bonchev–Trinajstić information content (AvgIpc) is 2.87. The highest BCUT2D eigenvalue weighted by atomic mass is 19.4. The van der Waals surface area contributed by atoms with Crippen LogP contribution in [-0.4, -0.2) is 25.7 Å². The molecular formula is C16H13F3N4O3. The Hall–Kier alpha value is -3.17. The van der Waals surface area contributed by atoms with E-state index in [-0.39, 0.29) is 17.0 Å². The van der Waals surface area contributed by atoms with E-state index in [4.69, 9.17) is 0 Å². The van der Waals surface area contributed by atoms with E-state index in [1.807, 2.05) is 0 Å². The molecule has 0 saturated carbocycles. The van der Waals surface area contributed by atoms with Crippen molar-refractivity contribution in [2.45, 2.75) is 26.4 Å². The van der Waals surface area contributed by atoms with Crippen LogP contribution in [0.15, 0.2) is 29.1 Å². The van der Waals surface area contributed by atoms with Crippen LogP contribution >= 0.6 is 0 Å². The highest BCUT2D eigenvalue weighted by Crippen LogP contribution is 2.29. The maximum Gasteiger partial charge on any atom is 0.393 e. The van der Waals surface area contributed by atoms with E-state index in [0.717, 1.165) is 4.52 Å². The maximum absolute atomic E-state index is 12.7. The number of hydrogen-bond acceptors (Lipinski definition) is 4. The lowest BCUT2D eigenvalue weighted by Crippen LogP contribution is -2.26. The number of nitrogens with zero attached hydrogens (tertiary/aromatic N) is 3. The fraction of sp³-hybridized carbons (Fsp3) is 0.250. The van der Waals surface area contributed by atoms with Crippen molar-refractivity contribution >= 4 is 11.3 Å². The number of hydrogen-bond donors (Lipinski definition) is 1. The number of rotatable bonds is 3. The smallest absolute Gasteiger partial charge is 0.293 e. The number of H-pyrrole nitrogens is 1. The zero-order chi connectivity index (χ0) is 19.2. The monoisotopic (exact) mass is 366 g/mol. The van der Waals surface area contributed by atoms with Gasteiger partial charge in [-0.3, -0.25) is 20.0 Å². The zero-order valence-corrected chi connectivity index (χ0v) is 13.7. The molecule has 10 heteroatoms. The van der Waals surface area contributed by atoms with Crippen molar-refractivity contribution in [3.63, 3.8) is 0 Å². The molecule has 3 aromatic rings. The van der Waals surface area contributed by atoms with Gasteiger partial charge in [-0.15, -0.1) is 0 Å². The molecule has 26 heavy (non-hydrogen) atoms. The molecule has 136 valence electrons. The van der Waals surface area contributed by atoms with Gasteiger partial charge in [0.15, 0.2) is 5.65 Å². The quantitative estimate of drug-likeness (QED) is 0.568. The number of fused-ring (bicyclic) bond motifs is 1. The number of alkyl halides is 3. The van der Waals surface area contributed by atoms with Crippen LogP contribution in [0.1, 0.15) is 17.0 Å². The van der Waals surface area contributed by atoms with Crippen molar-refractivity contribution in [2.75, 3.05) is 0 Å². The summed E-state index contributed by atoms with van der Waals surface area (Å²) in [5, 5.41) is 13.5. The number of benzene rings is 1. The van der Waals surface area contributed by atoms with E-state index >= 15 is 0 Å². The Kier molecular flexibility index (Phi) is 4.05. The fourth-order valence-electron chi connectivity index (χ4n) is 2.82. The van der Waals surface area contributed by atoms with Crippen LogP contribution in [-0.2, 0) is 6.42 Å². The molecule has 7 nitrogen and oxygen atoms in total. The molecule has 0 aliphatic carbocycles. The second-order valence-electron chi connectivity index (χ2n) is 5.85. The van der Waals surface area contributed by atoms with E-state index < -0.39 is 28.6 Å². The molecule has 3 rings (SSSR count). The molecule has 0 spiro atoms. The molecule has 0 aliphatic rings. The Bertz CT molecular complexity index is 1070. The molecule has 2 heterocycles. The van der Waals surface area contributed by atoms with E-state index in [1.54, 1.807) is 6.92 Å². The van der Waals surface area contributed by atoms with Crippen molar-refractivity contribution in [3.8, 4) is 11.1 Å². The molecule has 0 amide bonds. The summed E-state index contributed by atoms with van der Waals surface area (Å²) in [5.41, 5.74) is 0.388. The van der Waals surface area contributed by atoms with Gasteiger partial charge < -0.3 is 0 Å². The molecule has 0 fully saturated rings. The second-order valence-corrected chi connectivity index (χ2v) is 5.85. The molecule has 0 atom stereocenters. The molecule has 0 bridgehead atoms. The van der Waals surface area contributed by atoms with Crippen molar-refractivity contribution in [1.82, 2.24) is 14.6 Å². The highest BCUT2D eigenvalue weighted by Gasteiger charge is 2.31. The summed E-state index contributed by atoms with van der Waals surface area (Å²) in [4.78, 5) is 26.9. The first-order chi connectivity index (χ1) is 12.1. The standard InChI is InChI=1S/C16H13F3N4O3/c1-8-12(7-16(17,18)19)15(24)22-14(20-8)13(9(2)21-22)10-3-5-11(6-4-10)23(25)26/h3-6,21H,7H2,1-2H3. The predicted molar refractivity (Wildman–Crippen MR) is 87.1 cm³/mol. The summed E-state index contributed by atoms with van der Waals surface area (Å²) in [6, 6.07) is 5.61. The lowest BCUT2D eigenvalue weighted by Gasteiger charge is -2.09. The molecule has 2 aromatic heterocycles. The molecule has 0 radical (unpaired) electrons. The van der Waals surface area contributed by atoms with Gasteiger partial charge in [0.05, 0.1) is 11.3 Å². The highest BCUT2D eigenvalue weighted by molar-refractivity contribution is 5.80. The van der Waals surface area contributed by atoms with Gasteiger partial charge in [-0.1, -0.05) is 0 Å². The number of halogens is 3. The normalized spacial score (nSPS) is 11.9. The van der Waals surface area contributed by atoms with Crippen LogP contribution in [0.4, 0.5) is 18.9 Å². The van der Waals surface area contributed by atoms with Crippen LogP contribution in [0.3, 0.4) is 0 Å². The summed E-state index contributed by atoms with van der Waals surface area (Å²) >= 11 is 0. The maximum atomic E-state index is 12.7. The third-order valence-electron chi connectivity index (χ3n) is 4.01. The fourth-order valence-corrected chi connectivity index (χ4v) is 2.82. The summed E-state index contributed by atoms with van der Waals surface area (Å²) < 4.78 is 39.1. The van der Waals surface area contributed by atoms with E-state index in [2.05, 4.69) is 10.1 Å². The zero-order valence-electron chi connectivity index (χ0n) is 13.7. The topological polar surface area (TPSA) is 93.3 Å². The Morgan fingerprint density at radius 1 is 1.23 bits per heavy atom. The number of nitro benzene ring substituents is 1. The summed E-state index contributed by atoms with van der Waals surface area (Å²) in [6.07, 6.45) is -5.89. The predicted octanol–water partition coefficient (Wildman–Crippen LogP) is 3.32. The number of aryl methyl sites for hydroxylation is 2. The van der Waals surface area contributed by atoms with Gasteiger partial charge in [0, 0.05) is 34.6 Å². The van der Waals surface area contributed by atoms with Crippen molar-refractivity contribution in [2.24, 2.45) is 0 Å². The number of nitrogens with one attached hydrogen (secondary N) is 1. The minimum Gasteiger partial charge on any atom is -0.293 e. The van der Waals surface area contributed by atoms with E-state index in [1.165, 1.54) is 31.2 Å². The van der Waals surface area contributed by atoms with Gasteiger partial charge in [-0.05, 0) is 31.5 Å². The first kappa shape index (κ1) is 17.6. The molecule has 1 aromatic carbocycles. The SMILES string of the molecule is Cc1nc2c(-c3ccc([N+](=O)[O-])cc3)c(C)[nH]n2c(=O)c1CC(F)(F)F. The van der Waals surface area contributed by atoms with Gasteiger partial charge in [0.1, 0.15) is 0 Å². The summed E-state index contributed by atoms with van der Waals surface area (Å²) in [5.74, 6) is 0. The lowest BCUT2D eigenvalue weighted by atomic mass is 10.1. The average molecular weight is 366 g/mol. The van der Waals surface area contributed by atoms with Gasteiger partial charge in [-0.2, -0.15) is 13.2 Å². The van der Waals surface area contributed by atoms with Gasteiger partial charge in [0.25, 0.3) is 11.2 Å². The van der Waals surface area contributed by atoms with Crippen LogP contribution in [0.5, 0.6) is 0 Å². The summed E-state index contributed by atoms with van der Waals surface area (Å²) in [6.45, 7) is 2.99. The van der Waals surface area contributed by atoms with Crippen LogP contribution in [0, 0.1) is 24.0 Å². The molecular weight excluding hydrogens is 353 g/mol. The lowest BCUT2D eigenvalue weighted by molar-refractivity contribution is -0.384. The molecule has 0 saturated heterocycles. The number of aromatic nitrogens is 3. The number of non-ortho nitro benzene ring substituents is 1. The molecule has 1 N–H and O–H groups in total. The van der Waals surface area contributed by atoms with Crippen molar-refractivity contribution in [1.29, 1.82) is 0 Å². The third-order valence-corrected chi connectivity index (χ3v) is 4.01. The van der Waals surface area contributed by atoms with Crippen LogP contribution in [0.25, 0.3) is 16.8 Å². The molecule has 0 unspecified atom stereocenters. The number of aromatic amines is 1. The first-order valence-electron chi connectivity index (χ1n) is 7.51. The van der Waals surface area contributed by atoms with Gasteiger partial charge in [0.2, 0.25) is 0 Å². The Balaban J connectivity index is 2.21. The second kappa shape index (κ2) is 5.97. The van der Waals surface area contributed by atoms with Crippen LogP contribution < -0.4 is 5.56 Å². The van der Waals surface area contributed by atoms with Gasteiger partial charge >= 0.3 is 6.18 Å². The van der Waals surface area contributed by atoms with Crippen molar-refractivity contribution < 1.29 is 18.1 Å². The number of nitro groups is 1. The Labute approximate surface area is 144 Å². The first-order valence-corrected chi connectivity index (χ1v) is 7.51. The minimum atomic E-state index is -4.53. The molecule has 0 aliphatic heterocycles. The minimum absolute atomic E-state index is 0.00510. The largest absolute Gasteiger partial charge is 0.393 e. The van der Waals surface area contributed by atoms with E-state index in [0.29, 0.717) is 16.8 Å².